The highest BCUT2D eigenvalue weighted by atomic mass is 35.5. The van der Waals surface area contributed by atoms with Gasteiger partial charge in [-0.3, -0.25) is 4.79 Å². The third-order valence-electron chi connectivity index (χ3n) is 3.92. The Balaban J connectivity index is 0.00000200. The molecule has 1 aliphatic heterocycles. The van der Waals surface area contributed by atoms with Crippen molar-refractivity contribution in [3.8, 4) is 0 Å². The van der Waals surface area contributed by atoms with Crippen LogP contribution in [0.15, 0.2) is 18.7 Å². The fraction of sp³-hybridized carbons (Fsp3) is 0.714. The van der Waals surface area contributed by atoms with Gasteiger partial charge in [0.1, 0.15) is 0 Å². The maximum atomic E-state index is 12.3. The van der Waals surface area contributed by atoms with Crippen LogP contribution in [0.3, 0.4) is 0 Å². The van der Waals surface area contributed by atoms with Gasteiger partial charge in [0.25, 0.3) is 0 Å². The number of aromatic nitrogens is 2. The van der Waals surface area contributed by atoms with Gasteiger partial charge in [-0.1, -0.05) is 20.8 Å². The van der Waals surface area contributed by atoms with E-state index in [9.17, 15) is 4.79 Å². The topological polar surface area (TPSA) is 64.2 Å². The number of likely N-dealkylation sites (tertiary alicyclic amines) is 1. The standard InChI is InChI=1S/C14H24N4O.2ClH/c1-14(2,3)12(15)13(19)17-7-4-11(5-8-17)18-9-6-16-10-18;;/h6,9-12H,4-5,7-8,15H2,1-3H3;2*1H/t12-;;/m1../s1. The zero-order valence-electron chi connectivity index (χ0n) is 12.9. The summed E-state index contributed by atoms with van der Waals surface area (Å²) in [4.78, 5) is 18.3. The van der Waals surface area contributed by atoms with E-state index in [0.717, 1.165) is 25.9 Å². The van der Waals surface area contributed by atoms with Gasteiger partial charge in [0, 0.05) is 31.5 Å². The molecule has 0 spiro atoms. The number of hydrogen-bond acceptors (Lipinski definition) is 3. The molecule has 5 nitrogen and oxygen atoms in total. The van der Waals surface area contributed by atoms with Crippen LogP contribution in [0.5, 0.6) is 0 Å². The van der Waals surface area contributed by atoms with E-state index in [1.165, 1.54) is 0 Å². The lowest BCUT2D eigenvalue weighted by atomic mass is 9.86. The van der Waals surface area contributed by atoms with Gasteiger partial charge in [-0.05, 0) is 18.3 Å². The maximum absolute atomic E-state index is 12.3. The van der Waals surface area contributed by atoms with Crippen LogP contribution in [0.4, 0.5) is 0 Å². The van der Waals surface area contributed by atoms with Gasteiger partial charge >= 0.3 is 0 Å². The lowest BCUT2D eigenvalue weighted by Crippen LogP contribution is -2.52. The Morgan fingerprint density at radius 1 is 1.29 bits per heavy atom. The summed E-state index contributed by atoms with van der Waals surface area (Å²) in [6, 6.07) is 0.0368. The zero-order valence-corrected chi connectivity index (χ0v) is 14.5. The molecule has 0 bridgehead atoms. The highest BCUT2D eigenvalue weighted by Gasteiger charge is 2.33. The lowest BCUT2D eigenvalue weighted by molar-refractivity contribution is -0.136. The number of amides is 1. The summed E-state index contributed by atoms with van der Waals surface area (Å²) in [5.74, 6) is 0.0802. The van der Waals surface area contributed by atoms with Gasteiger partial charge in [-0.2, -0.15) is 0 Å². The monoisotopic (exact) mass is 336 g/mol. The maximum Gasteiger partial charge on any atom is 0.240 e. The van der Waals surface area contributed by atoms with Gasteiger partial charge < -0.3 is 15.2 Å². The van der Waals surface area contributed by atoms with Crippen molar-refractivity contribution in [3.63, 3.8) is 0 Å². The molecule has 0 unspecified atom stereocenters. The molecule has 1 aromatic rings. The predicted octanol–water partition coefficient (Wildman–Crippen LogP) is 2.26. The fourth-order valence-corrected chi connectivity index (χ4v) is 2.44. The molecule has 1 fully saturated rings. The number of rotatable bonds is 2. The summed E-state index contributed by atoms with van der Waals surface area (Å²) >= 11 is 0. The van der Waals surface area contributed by atoms with Crippen molar-refractivity contribution >= 4 is 30.7 Å². The Hall–Kier alpha value is -0.780. The van der Waals surface area contributed by atoms with E-state index in [1.807, 2.05) is 38.2 Å². The second-order valence-electron chi connectivity index (χ2n) is 6.41. The van der Waals surface area contributed by atoms with Gasteiger partial charge in [0.15, 0.2) is 0 Å². The Bertz CT molecular complexity index is 423. The molecule has 21 heavy (non-hydrogen) atoms. The van der Waals surface area contributed by atoms with E-state index in [2.05, 4.69) is 9.55 Å². The van der Waals surface area contributed by atoms with Gasteiger partial charge in [-0.15, -0.1) is 24.8 Å². The van der Waals surface area contributed by atoms with E-state index < -0.39 is 6.04 Å². The minimum Gasteiger partial charge on any atom is -0.341 e. The number of piperidine rings is 1. The Labute approximate surface area is 139 Å². The van der Waals surface area contributed by atoms with Gasteiger partial charge in [0.2, 0.25) is 5.91 Å². The first kappa shape index (κ1) is 20.2. The van der Waals surface area contributed by atoms with Crippen LogP contribution in [-0.4, -0.2) is 39.5 Å². The third-order valence-corrected chi connectivity index (χ3v) is 3.92. The molecule has 1 saturated heterocycles. The van der Waals surface area contributed by atoms with Crippen molar-refractivity contribution < 1.29 is 4.79 Å². The molecular formula is C14H26Cl2N4O. The number of carbonyl (C=O) groups excluding carboxylic acids is 1. The molecule has 0 radical (unpaired) electrons. The average Bonchev–Trinajstić information content (AvgIpc) is 2.90. The second-order valence-corrected chi connectivity index (χ2v) is 6.41. The first-order valence-corrected chi connectivity index (χ1v) is 6.91. The summed E-state index contributed by atoms with van der Waals surface area (Å²) in [5.41, 5.74) is 5.87. The largest absolute Gasteiger partial charge is 0.341 e. The predicted molar refractivity (Wildman–Crippen MR) is 89.0 cm³/mol. The Kier molecular flexibility index (Phi) is 7.71. The molecular weight excluding hydrogens is 311 g/mol. The number of imidazole rings is 1. The van der Waals surface area contributed by atoms with E-state index >= 15 is 0 Å². The van der Waals surface area contributed by atoms with Crippen molar-refractivity contribution in [1.29, 1.82) is 0 Å². The molecule has 2 N–H and O–H groups in total. The zero-order chi connectivity index (χ0) is 14.0. The van der Waals surface area contributed by atoms with Crippen LogP contribution in [0.1, 0.15) is 39.7 Å². The summed E-state index contributed by atoms with van der Waals surface area (Å²) in [5, 5.41) is 0. The van der Waals surface area contributed by atoms with Gasteiger partial charge in [0.05, 0.1) is 12.4 Å². The summed E-state index contributed by atoms with van der Waals surface area (Å²) < 4.78 is 2.13. The summed E-state index contributed by atoms with van der Waals surface area (Å²) in [7, 11) is 0. The highest BCUT2D eigenvalue weighted by Crippen LogP contribution is 2.25. The van der Waals surface area contributed by atoms with E-state index in [-0.39, 0.29) is 36.1 Å². The van der Waals surface area contributed by atoms with Crippen LogP contribution in [0.2, 0.25) is 0 Å². The average molecular weight is 337 g/mol. The highest BCUT2D eigenvalue weighted by molar-refractivity contribution is 5.85. The quantitative estimate of drug-likeness (QED) is 0.900. The minimum atomic E-state index is -0.419. The van der Waals surface area contributed by atoms with Crippen LogP contribution < -0.4 is 5.73 Å². The molecule has 122 valence electrons. The summed E-state index contributed by atoms with van der Waals surface area (Å²) in [6.45, 7) is 7.59. The van der Waals surface area contributed by atoms with E-state index in [0.29, 0.717) is 6.04 Å². The van der Waals surface area contributed by atoms with Crippen LogP contribution in [0, 0.1) is 5.41 Å². The van der Waals surface area contributed by atoms with Crippen molar-refractivity contribution in [2.24, 2.45) is 11.1 Å². The molecule has 1 aromatic heterocycles. The Morgan fingerprint density at radius 3 is 2.29 bits per heavy atom. The molecule has 1 amide bonds. The molecule has 0 saturated carbocycles. The number of nitrogens with zero attached hydrogens (tertiary/aromatic N) is 3. The normalized spacial score (nSPS) is 17.6. The smallest absolute Gasteiger partial charge is 0.240 e. The van der Waals surface area contributed by atoms with E-state index in [4.69, 9.17) is 5.73 Å². The molecule has 7 heteroatoms. The third kappa shape index (κ3) is 4.87. The lowest BCUT2D eigenvalue weighted by Gasteiger charge is -2.36. The Morgan fingerprint density at radius 2 is 1.86 bits per heavy atom. The second kappa shape index (κ2) is 8.01. The van der Waals surface area contributed by atoms with Crippen molar-refractivity contribution in [2.45, 2.75) is 45.7 Å². The number of nitrogens with two attached hydrogens (primary N) is 1. The van der Waals surface area contributed by atoms with Crippen molar-refractivity contribution in [3.05, 3.63) is 18.7 Å². The number of carbonyl (C=O) groups is 1. The molecule has 0 aromatic carbocycles. The SMILES string of the molecule is CC(C)(C)[C@H](N)C(=O)N1CCC(n2ccnc2)CC1.Cl.Cl. The molecule has 1 atom stereocenters. The molecule has 1 aliphatic rings. The number of halogens is 2. The molecule has 0 aliphatic carbocycles. The first-order valence-electron chi connectivity index (χ1n) is 6.91. The van der Waals surface area contributed by atoms with Crippen LogP contribution in [0.25, 0.3) is 0 Å². The van der Waals surface area contributed by atoms with Crippen molar-refractivity contribution in [2.75, 3.05) is 13.1 Å². The van der Waals surface area contributed by atoms with Crippen LogP contribution >= 0.6 is 24.8 Å². The molecule has 2 heterocycles. The summed E-state index contributed by atoms with van der Waals surface area (Å²) in [6.07, 6.45) is 7.58. The van der Waals surface area contributed by atoms with Crippen molar-refractivity contribution in [1.82, 2.24) is 14.5 Å². The minimum absolute atomic E-state index is 0. The molecule has 2 rings (SSSR count). The van der Waals surface area contributed by atoms with Gasteiger partial charge in [-0.25, -0.2) is 4.98 Å². The number of hydrogen-bond donors (Lipinski definition) is 1. The first-order chi connectivity index (χ1) is 8.89. The fourth-order valence-electron chi connectivity index (χ4n) is 2.44. The van der Waals surface area contributed by atoms with E-state index in [1.54, 1.807) is 6.20 Å². The van der Waals surface area contributed by atoms with Crippen LogP contribution in [-0.2, 0) is 4.79 Å².